The minimum atomic E-state index is 0.757. The number of rotatable bonds is 3. The van der Waals surface area contributed by atoms with Crippen LogP contribution in [0.25, 0.3) is 22.4 Å². The SMILES string of the molecule is CCn1cc(C)c(-c2cccnc2)c1-c1ccc(Cl)cc1. The summed E-state index contributed by atoms with van der Waals surface area (Å²) in [6.07, 6.45) is 5.92. The van der Waals surface area contributed by atoms with Crippen LogP contribution in [0.1, 0.15) is 12.5 Å². The molecule has 0 aliphatic heterocycles. The third-order valence-corrected chi connectivity index (χ3v) is 3.93. The lowest BCUT2D eigenvalue weighted by Gasteiger charge is -2.11. The Morgan fingerprint density at radius 2 is 1.86 bits per heavy atom. The van der Waals surface area contributed by atoms with Gasteiger partial charge in [0.2, 0.25) is 0 Å². The number of benzene rings is 1. The monoisotopic (exact) mass is 296 g/mol. The average molecular weight is 297 g/mol. The van der Waals surface area contributed by atoms with E-state index in [0.717, 1.165) is 17.1 Å². The van der Waals surface area contributed by atoms with E-state index in [-0.39, 0.29) is 0 Å². The lowest BCUT2D eigenvalue weighted by Crippen LogP contribution is -1.96. The van der Waals surface area contributed by atoms with Gasteiger partial charge in [0.05, 0.1) is 5.69 Å². The first-order chi connectivity index (χ1) is 10.2. The second kappa shape index (κ2) is 5.74. The predicted molar refractivity (Wildman–Crippen MR) is 88.5 cm³/mol. The Balaban J connectivity index is 2.25. The van der Waals surface area contributed by atoms with Crippen molar-refractivity contribution in [2.75, 3.05) is 0 Å². The number of halogens is 1. The highest BCUT2D eigenvalue weighted by atomic mass is 35.5. The fraction of sp³-hybridized carbons (Fsp3) is 0.167. The molecule has 0 saturated carbocycles. The number of pyridine rings is 1. The van der Waals surface area contributed by atoms with Gasteiger partial charge < -0.3 is 4.57 Å². The van der Waals surface area contributed by atoms with Gasteiger partial charge in [0, 0.05) is 41.3 Å². The zero-order chi connectivity index (χ0) is 14.8. The smallest absolute Gasteiger partial charge is 0.0563 e. The summed E-state index contributed by atoms with van der Waals surface area (Å²) in [4.78, 5) is 4.26. The van der Waals surface area contributed by atoms with Gasteiger partial charge in [0.15, 0.2) is 0 Å². The average Bonchev–Trinajstić information content (AvgIpc) is 2.85. The third-order valence-electron chi connectivity index (χ3n) is 3.68. The summed E-state index contributed by atoms with van der Waals surface area (Å²) in [5, 5.41) is 0.757. The Labute approximate surface area is 130 Å². The summed E-state index contributed by atoms with van der Waals surface area (Å²) in [5.74, 6) is 0. The van der Waals surface area contributed by atoms with Crippen LogP contribution in [-0.4, -0.2) is 9.55 Å². The highest BCUT2D eigenvalue weighted by molar-refractivity contribution is 6.30. The molecule has 1 aromatic carbocycles. The number of aryl methyl sites for hydroxylation is 2. The van der Waals surface area contributed by atoms with Crippen molar-refractivity contribution in [2.45, 2.75) is 20.4 Å². The Bertz CT molecular complexity index is 743. The quantitative estimate of drug-likeness (QED) is 0.649. The maximum Gasteiger partial charge on any atom is 0.0563 e. The molecule has 3 aromatic rings. The van der Waals surface area contributed by atoms with Crippen molar-refractivity contribution < 1.29 is 0 Å². The lowest BCUT2D eigenvalue weighted by atomic mass is 10.00. The third kappa shape index (κ3) is 2.59. The van der Waals surface area contributed by atoms with Crippen LogP contribution >= 0.6 is 11.6 Å². The molecule has 0 fully saturated rings. The normalized spacial score (nSPS) is 10.8. The van der Waals surface area contributed by atoms with E-state index in [2.05, 4.69) is 47.8 Å². The molecule has 0 radical (unpaired) electrons. The molecule has 2 aromatic heterocycles. The van der Waals surface area contributed by atoms with Crippen LogP contribution in [0.2, 0.25) is 5.02 Å². The van der Waals surface area contributed by atoms with E-state index in [1.54, 1.807) is 6.20 Å². The molecule has 0 aliphatic rings. The zero-order valence-electron chi connectivity index (χ0n) is 12.2. The maximum absolute atomic E-state index is 6.02. The highest BCUT2D eigenvalue weighted by Gasteiger charge is 2.16. The van der Waals surface area contributed by atoms with Crippen molar-refractivity contribution in [1.82, 2.24) is 9.55 Å². The first-order valence-corrected chi connectivity index (χ1v) is 7.44. The number of hydrogen-bond acceptors (Lipinski definition) is 1. The molecule has 0 aliphatic carbocycles. The lowest BCUT2D eigenvalue weighted by molar-refractivity contribution is 0.775. The molecule has 0 N–H and O–H groups in total. The fourth-order valence-corrected chi connectivity index (χ4v) is 2.86. The Morgan fingerprint density at radius 1 is 1.10 bits per heavy atom. The van der Waals surface area contributed by atoms with Crippen LogP contribution < -0.4 is 0 Å². The van der Waals surface area contributed by atoms with Gasteiger partial charge in [-0.1, -0.05) is 29.8 Å². The van der Waals surface area contributed by atoms with E-state index in [4.69, 9.17) is 11.6 Å². The van der Waals surface area contributed by atoms with Crippen molar-refractivity contribution in [1.29, 1.82) is 0 Å². The van der Waals surface area contributed by atoms with E-state index in [1.165, 1.54) is 22.4 Å². The van der Waals surface area contributed by atoms with Gasteiger partial charge in [-0.15, -0.1) is 0 Å². The second-order valence-electron chi connectivity index (χ2n) is 5.07. The zero-order valence-corrected chi connectivity index (χ0v) is 12.9. The topological polar surface area (TPSA) is 17.8 Å². The van der Waals surface area contributed by atoms with E-state index >= 15 is 0 Å². The van der Waals surface area contributed by atoms with Gasteiger partial charge in [0.1, 0.15) is 0 Å². The molecule has 0 saturated heterocycles. The molecule has 0 amide bonds. The van der Waals surface area contributed by atoms with Crippen molar-refractivity contribution in [2.24, 2.45) is 0 Å². The Morgan fingerprint density at radius 3 is 2.48 bits per heavy atom. The number of aromatic nitrogens is 2. The van der Waals surface area contributed by atoms with Gasteiger partial charge >= 0.3 is 0 Å². The molecule has 2 nitrogen and oxygen atoms in total. The van der Waals surface area contributed by atoms with Crippen LogP contribution in [0.5, 0.6) is 0 Å². The van der Waals surface area contributed by atoms with Crippen LogP contribution in [0, 0.1) is 6.92 Å². The van der Waals surface area contributed by atoms with Crippen molar-refractivity contribution in [3.63, 3.8) is 0 Å². The molecular formula is C18H17ClN2. The number of hydrogen-bond donors (Lipinski definition) is 0. The summed E-state index contributed by atoms with van der Waals surface area (Å²) in [7, 11) is 0. The van der Waals surface area contributed by atoms with Crippen molar-refractivity contribution in [3.8, 4) is 22.4 Å². The summed E-state index contributed by atoms with van der Waals surface area (Å²) < 4.78 is 2.28. The van der Waals surface area contributed by atoms with Gasteiger partial charge in [-0.25, -0.2) is 0 Å². The standard InChI is InChI=1S/C18H17ClN2/c1-3-21-12-13(2)17(15-5-4-10-20-11-15)18(21)14-6-8-16(19)9-7-14/h4-12H,3H2,1-2H3. The summed E-state index contributed by atoms with van der Waals surface area (Å²) in [5.41, 5.74) is 6.04. The maximum atomic E-state index is 6.02. The summed E-state index contributed by atoms with van der Waals surface area (Å²) >= 11 is 6.02. The molecule has 21 heavy (non-hydrogen) atoms. The second-order valence-corrected chi connectivity index (χ2v) is 5.51. The summed E-state index contributed by atoms with van der Waals surface area (Å²) in [6, 6.07) is 12.1. The highest BCUT2D eigenvalue weighted by Crippen LogP contribution is 2.36. The van der Waals surface area contributed by atoms with Gasteiger partial charge in [0.25, 0.3) is 0 Å². The molecule has 0 unspecified atom stereocenters. The largest absolute Gasteiger partial charge is 0.347 e. The minimum absolute atomic E-state index is 0.757. The van der Waals surface area contributed by atoms with E-state index < -0.39 is 0 Å². The predicted octanol–water partition coefficient (Wildman–Crippen LogP) is 5.20. The first kappa shape index (κ1) is 13.9. The van der Waals surface area contributed by atoms with E-state index in [1.807, 2.05) is 24.4 Å². The van der Waals surface area contributed by atoms with Crippen molar-refractivity contribution >= 4 is 11.6 Å². The van der Waals surface area contributed by atoms with Gasteiger partial charge in [-0.2, -0.15) is 0 Å². The molecule has 2 heterocycles. The Hall–Kier alpha value is -2.06. The van der Waals surface area contributed by atoms with Crippen LogP contribution in [-0.2, 0) is 6.54 Å². The minimum Gasteiger partial charge on any atom is -0.347 e. The van der Waals surface area contributed by atoms with E-state index in [9.17, 15) is 0 Å². The van der Waals surface area contributed by atoms with E-state index in [0.29, 0.717) is 0 Å². The molecular weight excluding hydrogens is 280 g/mol. The molecule has 0 atom stereocenters. The van der Waals surface area contributed by atoms with Crippen molar-refractivity contribution in [3.05, 3.63) is 65.6 Å². The fourth-order valence-electron chi connectivity index (χ4n) is 2.74. The Kier molecular flexibility index (Phi) is 3.80. The first-order valence-electron chi connectivity index (χ1n) is 7.06. The van der Waals surface area contributed by atoms with Crippen LogP contribution in [0.15, 0.2) is 55.0 Å². The number of nitrogens with zero attached hydrogens (tertiary/aromatic N) is 2. The molecule has 0 bridgehead atoms. The summed E-state index contributed by atoms with van der Waals surface area (Å²) in [6.45, 7) is 5.23. The van der Waals surface area contributed by atoms with Crippen LogP contribution in [0.3, 0.4) is 0 Å². The molecule has 3 rings (SSSR count). The van der Waals surface area contributed by atoms with Gasteiger partial charge in [-0.05, 0) is 43.2 Å². The van der Waals surface area contributed by atoms with Gasteiger partial charge in [-0.3, -0.25) is 4.98 Å². The molecule has 0 spiro atoms. The molecule has 106 valence electrons. The molecule has 3 heteroatoms. The van der Waals surface area contributed by atoms with Crippen LogP contribution in [0.4, 0.5) is 0 Å².